The average molecular weight is 350 g/mol. The molecule has 2 aromatic carbocycles. The lowest BCUT2D eigenvalue weighted by Crippen LogP contribution is -2.24. The Bertz CT molecular complexity index is 820. The molecule has 5 heteroatoms. The van der Waals surface area contributed by atoms with Crippen molar-refractivity contribution in [3.05, 3.63) is 65.2 Å². The molecule has 1 unspecified atom stereocenters. The van der Waals surface area contributed by atoms with Crippen molar-refractivity contribution in [3.63, 3.8) is 0 Å². The van der Waals surface area contributed by atoms with Crippen LogP contribution in [0.5, 0.6) is 11.5 Å². The van der Waals surface area contributed by atoms with Crippen LogP contribution < -0.4 is 14.8 Å². The highest BCUT2D eigenvalue weighted by Gasteiger charge is 2.08. The van der Waals surface area contributed by atoms with Gasteiger partial charge in [-0.3, -0.25) is 4.79 Å². The molecule has 134 valence electrons. The number of methoxy groups -OCH3 is 1. The molecular formula is C21H22N2O3. The molecule has 0 saturated heterocycles. The maximum atomic E-state index is 12.1. The third-order valence-corrected chi connectivity index (χ3v) is 3.84. The van der Waals surface area contributed by atoms with Gasteiger partial charge in [-0.15, -0.1) is 0 Å². The van der Waals surface area contributed by atoms with Crippen molar-refractivity contribution in [2.24, 2.45) is 0 Å². The van der Waals surface area contributed by atoms with Crippen LogP contribution >= 0.6 is 0 Å². The van der Waals surface area contributed by atoms with Gasteiger partial charge in [-0.2, -0.15) is 5.26 Å². The molecule has 1 atom stereocenters. The van der Waals surface area contributed by atoms with E-state index in [-0.39, 0.29) is 18.6 Å². The van der Waals surface area contributed by atoms with Gasteiger partial charge in [0.2, 0.25) is 5.91 Å². The van der Waals surface area contributed by atoms with Crippen LogP contribution in [0.25, 0.3) is 6.08 Å². The molecule has 0 aromatic heterocycles. The smallest absolute Gasteiger partial charge is 0.244 e. The molecule has 1 amide bonds. The van der Waals surface area contributed by atoms with Crippen molar-refractivity contribution in [2.75, 3.05) is 13.7 Å². The number of carbonyl (C=O) groups is 1. The van der Waals surface area contributed by atoms with Crippen LogP contribution in [-0.4, -0.2) is 19.6 Å². The first-order valence-electron chi connectivity index (χ1n) is 8.26. The summed E-state index contributed by atoms with van der Waals surface area (Å²) in [5.74, 6) is 0.821. The lowest BCUT2D eigenvalue weighted by molar-refractivity contribution is -0.117. The Kier molecular flexibility index (Phi) is 6.81. The fraction of sp³-hybridized carbons (Fsp3) is 0.238. The molecule has 0 fully saturated rings. The first-order chi connectivity index (χ1) is 12.5. The second-order valence-corrected chi connectivity index (χ2v) is 5.83. The minimum Gasteiger partial charge on any atom is -0.493 e. The maximum Gasteiger partial charge on any atom is 0.244 e. The summed E-state index contributed by atoms with van der Waals surface area (Å²) in [6, 6.07) is 15.2. The van der Waals surface area contributed by atoms with E-state index < -0.39 is 0 Å². The van der Waals surface area contributed by atoms with Gasteiger partial charge in [0.15, 0.2) is 18.1 Å². The number of nitrogens with one attached hydrogen (secondary N) is 1. The Balaban J connectivity index is 2.00. The third-order valence-electron chi connectivity index (χ3n) is 3.84. The molecular weight excluding hydrogens is 328 g/mol. The van der Waals surface area contributed by atoms with Gasteiger partial charge in [0.1, 0.15) is 6.07 Å². The van der Waals surface area contributed by atoms with E-state index in [1.165, 1.54) is 18.7 Å². The van der Waals surface area contributed by atoms with Crippen LogP contribution in [0.15, 0.2) is 48.5 Å². The molecule has 0 radical (unpaired) electrons. The first-order valence-corrected chi connectivity index (χ1v) is 8.26. The highest BCUT2D eigenvalue weighted by molar-refractivity contribution is 5.92. The number of nitriles is 1. The summed E-state index contributed by atoms with van der Waals surface area (Å²) in [5, 5.41) is 11.5. The van der Waals surface area contributed by atoms with Crippen LogP contribution in [0.1, 0.15) is 29.7 Å². The van der Waals surface area contributed by atoms with E-state index in [9.17, 15) is 4.79 Å². The normalized spacial score (nSPS) is 11.6. The molecule has 0 aliphatic rings. The molecule has 0 heterocycles. The van der Waals surface area contributed by atoms with E-state index in [1.54, 1.807) is 24.3 Å². The Labute approximate surface area is 153 Å². The minimum absolute atomic E-state index is 0.0507. The molecule has 1 N–H and O–H groups in total. The quantitative estimate of drug-likeness (QED) is 0.771. The van der Waals surface area contributed by atoms with E-state index >= 15 is 0 Å². The number of aryl methyl sites for hydroxylation is 1. The standard InChI is InChI=1S/C21H22N2O3/c1-15-4-8-18(9-5-15)16(2)23-21(24)11-7-17-6-10-19(26-13-12-22)20(14-17)25-3/h4-11,14,16H,13H2,1-3H3,(H,23,24)/b11-7+. The maximum absolute atomic E-state index is 12.1. The van der Waals surface area contributed by atoms with Gasteiger partial charge < -0.3 is 14.8 Å². The summed E-state index contributed by atoms with van der Waals surface area (Å²) in [5.41, 5.74) is 3.03. The van der Waals surface area contributed by atoms with Gasteiger partial charge >= 0.3 is 0 Å². The number of ether oxygens (including phenoxy) is 2. The Morgan fingerprint density at radius 1 is 1.23 bits per heavy atom. The number of hydrogen-bond donors (Lipinski definition) is 1. The van der Waals surface area contributed by atoms with Gasteiger partial charge in [0, 0.05) is 6.08 Å². The lowest BCUT2D eigenvalue weighted by Gasteiger charge is -2.13. The first kappa shape index (κ1) is 19.1. The van der Waals surface area contributed by atoms with E-state index in [1.807, 2.05) is 44.2 Å². The zero-order chi connectivity index (χ0) is 18.9. The van der Waals surface area contributed by atoms with Crippen molar-refractivity contribution < 1.29 is 14.3 Å². The summed E-state index contributed by atoms with van der Waals surface area (Å²) in [6.45, 7) is 3.92. The summed E-state index contributed by atoms with van der Waals surface area (Å²) in [7, 11) is 1.53. The van der Waals surface area contributed by atoms with Crippen molar-refractivity contribution in [1.29, 1.82) is 5.26 Å². The van der Waals surface area contributed by atoms with Crippen molar-refractivity contribution in [3.8, 4) is 17.6 Å². The molecule has 0 aliphatic heterocycles. The highest BCUT2D eigenvalue weighted by atomic mass is 16.5. The Morgan fingerprint density at radius 2 is 1.96 bits per heavy atom. The van der Waals surface area contributed by atoms with Crippen LogP contribution in [0.4, 0.5) is 0 Å². The monoisotopic (exact) mass is 350 g/mol. The second kappa shape index (κ2) is 9.28. The fourth-order valence-corrected chi connectivity index (χ4v) is 2.39. The number of amides is 1. The average Bonchev–Trinajstić information content (AvgIpc) is 2.65. The SMILES string of the molecule is COc1cc(/C=C/C(=O)NC(C)c2ccc(C)cc2)ccc1OCC#N. The second-order valence-electron chi connectivity index (χ2n) is 5.83. The Morgan fingerprint density at radius 3 is 2.62 bits per heavy atom. The van der Waals surface area contributed by atoms with Crippen LogP contribution in [0.3, 0.4) is 0 Å². The number of hydrogen-bond acceptors (Lipinski definition) is 4. The summed E-state index contributed by atoms with van der Waals surface area (Å²) >= 11 is 0. The minimum atomic E-state index is -0.179. The third kappa shape index (κ3) is 5.38. The molecule has 0 spiro atoms. The molecule has 5 nitrogen and oxygen atoms in total. The van der Waals surface area contributed by atoms with E-state index in [4.69, 9.17) is 14.7 Å². The van der Waals surface area contributed by atoms with Crippen molar-refractivity contribution in [2.45, 2.75) is 19.9 Å². The van der Waals surface area contributed by atoms with Crippen LogP contribution in [-0.2, 0) is 4.79 Å². The van der Waals surface area contributed by atoms with Gasteiger partial charge in [0.25, 0.3) is 0 Å². The number of carbonyl (C=O) groups excluding carboxylic acids is 1. The van der Waals surface area contributed by atoms with Gasteiger partial charge in [-0.05, 0) is 43.2 Å². The van der Waals surface area contributed by atoms with Crippen LogP contribution in [0.2, 0.25) is 0 Å². The van der Waals surface area contributed by atoms with Gasteiger partial charge in [-0.25, -0.2) is 0 Å². The van der Waals surface area contributed by atoms with Crippen molar-refractivity contribution in [1.82, 2.24) is 5.32 Å². The molecule has 0 bridgehead atoms. The topological polar surface area (TPSA) is 71.3 Å². The molecule has 0 saturated carbocycles. The van der Waals surface area contributed by atoms with Crippen molar-refractivity contribution >= 4 is 12.0 Å². The fourth-order valence-electron chi connectivity index (χ4n) is 2.39. The zero-order valence-electron chi connectivity index (χ0n) is 15.2. The van der Waals surface area contributed by atoms with Gasteiger partial charge in [-0.1, -0.05) is 35.9 Å². The van der Waals surface area contributed by atoms with Crippen LogP contribution in [0, 0.1) is 18.3 Å². The predicted octanol–water partition coefficient (Wildman–Crippen LogP) is 3.80. The van der Waals surface area contributed by atoms with E-state index in [2.05, 4.69) is 5.32 Å². The highest BCUT2D eigenvalue weighted by Crippen LogP contribution is 2.28. The van der Waals surface area contributed by atoms with E-state index in [0.29, 0.717) is 11.5 Å². The van der Waals surface area contributed by atoms with E-state index in [0.717, 1.165) is 11.1 Å². The number of nitrogens with zero attached hydrogens (tertiary/aromatic N) is 1. The number of rotatable bonds is 7. The summed E-state index contributed by atoms with van der Waals surface area (Å²) in [6.07, 6.45) is 3.18. The van der Waals surface area contributed by atoms with Gasteiger partial charge in [0.05, 0.1) is 13.2 Å². The Hall–Kier alpha value is -3.26. The number of benzene rings is 2. The molecule has 0 aliphatic carbocycles. The molecule has 26 heavy (non-hydrogen) atoms. The largest absolute Gasteiger partial charge is 0.493 e. The summed E-state index contributed by atoms with van der Waals surface area (Å²) in [4.78, 5) is 12.1. The lowest BCUT2D eigenvalue weighted by atomic mass is 10.1. The zero-order valence-corrected chi connectivity index (χ0v) is 15.2. The summed E-state index contributed by atoms with van der Waals surface area (Å²) < 4.78 is 10.5. The predicted molar refractivity (Wildman–Crippen MR) is 101 cm³/mol. The molecule has 2 rings (SSSR count). The molecule has 2 aromatic rings.